The summed E-state index contributed by atoms with van der Waals surface area (Å²) >= 11 is 1.46. The third kappa shape index (κ3) is 0.853. The minimum Gasteiger partial charge on any atom is -0.288 e. The van der Waals surface area contributed by atoms with Gasteiger partial charge in [0.2, 0.25) is 0 Å². The van der Waals surface area contributed by atoms with Gasteiger partial charge in [-0.1, -0.05) is 9.24 Å². The Labute approximate surface area is 75.4 Å². The van der Waals surface area contributed by atoms with Crippen molar-refractivity contribution in [3.05, 3.63) is 16.0 Å². The molecule has 1 aliphatic rings. The lowest BCUT2D eigenvalue weighted by atomic mass is 10.2. The fourth-order valence-electron chi connectivity index (χ4n) is 1.29. The molecular formula is C7H6NO2PS. The maximum Gasteiger partial charge on any atom is 0.260 e. The lowest BCUT2D eigenvalue weighted by Crippen LogP contribution is -2.21. The van der Waals surface area contributed by atoms with E-state index in [1.165, 1.54) is 11.3 Å². The maximum absolute atomic E-state index is 11.2. The minimum atomic E-state index is -0.274. The highest BCUT2D eigenvalue weighted by Gasteiger charge is 2.32. The van der Waals surface area contributed by atoms with E-state index in [9.17, 15) is 9.59 Å². The molecule has 1 N–H and O–H groups in total. The summed E-state index contributed by atoms with van der Waals surface area (Å²) in [5.41, 5.74) is 1.09. The van der Waals surface area contributed by atoms with E-state index < -0.39 is 0 Å². The highest BCUT2D eigenvalue weighted by molar-refractivity contribution is 7.44. The molecular weight excluding hydrogens is 193 g/mol. The largest absolute Gasteiger partial charge is 0.288 e. The van der Waals surface area contributed by atoms with Crippen molar-refractivity contribution in [3.63, 3.8) is 0 Å². The summed E-state index contributed by atoms with van der Waals surface area (Å²) in [6, 6.07) is 0. The van der Waals surface area contributed by atoms with E-state index in [-0.39, 0.29) is 11.8 Å². The fourth-order valence-corrected chi connectivity index (χ4v) is 3.02. The molecule has 0 aromatic carbocycles. The van der Waals surface area contributed by atoms with Crippen molar-refractivity contribution >= 4 is 37.0 Å². The number of amides is 2. The Balaban J connectivity index is 2.78. The van der Waals surface area contributed by atoms with Crippen LogP contribution in [0.3, 0.4) is 0 Å². The molecule has 5 heteroatoms. The Morgan fingerprint density at radius 2 is 1.83 bits per heavy atom. The van der Waals surface area contributed by atoms with Crippen LogP contribution >= 0.6 is 20.6 Å². The molecule has 1 aromatic heterocycles. The molecule has 3 nitrogen and oxygen atoms in total. The highest BCUT2D eigenvalue weighted by atomic mass is 32.1. The molecule has 1 aromatic rings. The van der Waals surface area contributed by atoms with Gasteiger partial charge in [0.05, 0.1) is 11.1 Å². The van der Waals surface area contributed by atoms with Crippen molar-refractivity contribution in [2.24, 2.45) is 0 Å². The van der Waals surface area contributed by atoms with Gasteiger partial charge in [0.15, 0.2) is 0 Å². The molecule has 2 amide bonds. The molecule has 1 unspecified atom stereocenters. The molecule has 2 heterocycles. The summed E-state index contributed by atoms with van der Waals surface area (Å²) in [4.78, 5) is 23.2. The molecule has 2 rings (SSSR count). The molecule has 0 saturated heterocycles. The SMILES string of the molecule is Cc1sc(P)c2c1C(=O)NC2=O. The van der Waals surface area contributed by atoms with Gasteiger partial charge < -0.3 is 0 Å². The van der Waals surface area contributed by atoms with Crippen molar-refractivity contribution in [1.82, 2.24) is 5.32 Å². The van der Waals surface area contributed by atoms with Crippen molar-refractivity contribution in [2.75, 3.05) is 0 Å². The lowest BCUT2D eigenvalue weighted by Gasteiger charge is -1.89. The Kier molecular flexibility index (Phi) is 1.56. The Bertz CT molecular complexity index is 362. The van der Waals surface area contributed by atoms with Crippen LogP contribution in [0.15, 0.2) is 0 Å². The van der Waals surface area contributed by atoms with Gasteiger partial charge in [-0.25, -0.2) is 0 Å². The van der Waals surface area contributed by atoms with Gasteiger partial charge in [-0.2, -0.15) is 0 Å². The molecule has 1 atom stereocenters. The third-order valence-corrected chi connectivity index (χ3v) is 3.37. The van der Waals surface area contributed by atoms with Crippen LogP contribution < -0.4 is 9.94 Å². The molecule has 1 aliphatic heterocycles. The van der Waals surface area contributed by atoms with Crippen LogP contribution in [-0.4, -0.2) is 11.8 Å². The van der Waals surface area contributed by atoms with Crippen LogP contribution in [0, 0.1) is 6.92 Å². The molecule has 0 radical (unpaired) electrons. The van der Waals surface area contributed by atoms with E-state index in [0.717, 1.165) is 9.50 Å². The van der Waals surface area contributed by atoms with Gasteiger partial charge in [0, 0.05) is 9.50 Å². The second-order valence-corrected chi connectivity index (χ2v) is 4.81. The summed E-state index contributed by atoms with van der Waals surface area (Å²) in [6.07, 6.45) is 0. The number of hydrogen-bond acceptors (Lipinski definition) is 3. The molecule has 62 valence electrons. The van der Waals surface area contributed by atoms with Crippen LogP contribution in [0.2, 0.25) is 0 Å². The monoisotopic (exact) mass is 199 g/mol. The number of carbonyl (C=O) groups excluding carboxylic acids is 2. The number of nitrogens with one attached hydrogen (secondary N) is 1. The standard InChI is InChI=1S/C7H6NO2PS/c1-2-3-4(7(11)12-2)6(10)8-5(3)9/h11H2,1H3,(H,8,9,10). The van der Waals surface area contributed by atoms with Gasteiger partial charge in [0.1, 0.15) is 0 Å². The number of imide groups is 1. The van der Waals surface area contributed by atoms with E-state index >= 15 is 0 Å². The Hall–Kier alpha value is -0.730. The zero-order valence-electron chi connectivity index (χ0n) is 6.30. The average molecular weight is 199 g/mol. The van der Waals surface area contributed by atoms with E-state index in [0.29, 0.717) is 11.1 Å². The van der Waals surface area contributed by atoms with Crippen LogP contribution in [-0.2, 0) is 0 Å². The zero-order valence-corrected chi connectivity index (χ0v) is 8.27. The topological polar surface area (TPSA) is 46.2 Å². The predicted octanol–water partition coefficient (Wildman–Crippen LogP) is 0.441. The summed E-state index contributed by atoms with van der Waals surface area (Å²) in [6.45, 7) is 1.84. The molecule has 0 bridgehead atoms. The first-order valence-electron chi connectivity index (χ1n) is 3.36. The number of fused-ring (bicyclic) bond motifs is 1. The number of carbonyl (C=O) groups is 2. The van der Waals surface area contributed by atoms with Crippen molar-refractivity contribution < 1.29 is 9.59 Å². The van der Waals surface area contributed by atoms with Gasteiger partial charge >= 0.3 is 0 Å². The number of aryl methyl sites for hydroxylation is 1. The maximum atomic E-state index is 11.2. The fraction of sp³-hybridized carbons (Fsp3) is 0.143. The van der Waals surface area contributed by atoms with E-state index in [4.69, 9.17) is 0 Å². The lowest BCUT2D eigenvalue weighted by molar-refractivity contribution is 0.0880. The quantitative estimate of drug-likeness (QED) is 0.486. The van der Waals surface area contributed by atoms with Crippen molar-refractivity contribution in [2.45, 2.75) is 6.92 Å². The van der Waals surface area contributed by atoms with Gasteiger partial charge in [0.25, 0.3) is 11.8 Å². The van der Waals surface area contributed by atoms with E-state index in [2.05, 4.69) is 14.6 Å². The van der Waals surface area contributed by atoms with Crippen LogP contribution in [0.5, 0.6) is 0 Å². The zero-order chi connectivity index (χ0) is 8.88. The second-order valence-electron chi connectivity index (χ2n) is 2.56. The molecule has 0 saturated carbocycles. The number of hydrogen-bond donors (Lipinski definition) is 1. The third-order valence-electron chi connectivity index (χ3n) is 1.79. The summed E-state index contributed by atoms with van der Waals surface area (Å²) in [5.74, 6) is -0.540. The molecule has 0 spiro atoms. The van der Waals surface area contributed by atoms with Crippen molar-refractivity contribution in [3.8, 4) is 0 Å². The highest BCUT2D eigenvalue weighted by Crippen LogP contribution is 2.25. The average Bonchev–Trinajstić information content (AvgIpc) is 2.38. The summed E-state index contributed by atoms with van der Waals surface area (Å²) in [5, 5.41) is 2.26. The first-order valence-corrected chi connectivity index (χ1v) is 4.75. The van der Waals surface area contributed by atoms with Crippen LogP contribution in [0.4, 0.5) is 0 Å². The Morgan fingerprint density at radius 3 is 2.42 bits per heavy atom. The Morgan fingerprint density at radius 1 is 1.25 bits per heavy atom. The minimum absolute atomic E-state index is 0.266. The molecule has 12 heavy (non-hydrogen) atoms. The summed E-state index contributed by atoms with van der Waals surface area (Å²) < 4.78 is 0.839. The molecule has 0 fully saturated rings. The molecule has 0 aliphatic carbocycles. The number of rotatable bonds is 0. The number of thiophene rings is 1. The first kappa shape index (κ1) is 7.90. The smallest absolute Gasteiger partial charge is 0.260 e. The van der Waals surface area contributed by atoms with E-state index in [1.54, 1.807) is 0 Å². The van der Waals surface area contributed by atoms with Gasteiger partial charge in [-0.15, -0.1) is 11.3 Å². The van der Waals surface area contributed by atoms with E-state index in [1.807, 2.05) is 6.92 Å². The van der Waals surface area contributed by atoms with Crippen LogP contribution in [0.1, 0.15) is 25.6 Å². The normalized spacial score (nSPS) is 14.8. The second kappa shape index (κ2) is 2.38. The van der Waals surface area contributed by atoms with Gasteiger partial charge in [-0.05, 0) is 6.92 Å². The first-order chi connectivity index (χ1) is 5.61. The predicted molar refractivity (Wildman–Crippen MR) is 50.2 cm³/mol. The van der Waals surface area contributed by atoms with Crippen LogP contribution in [0.25, 0.3) is 0 Å². The summed E-state index contributed by atoms with van der Waals surface area (Å²) in [7, 11) is 2.47. The van der Waals surface area contributed by atoms with Crippen molar-refractivity contribution in [1.29, 1.82) is 0 Å². The van der Waals surface area contributed by atoms with Gasteiger partial charge in [-0.3, -0.25) is 14.9 Å².